The van der Waals surface area contributed by atoms with Crippen LogP contribution in [0.15, 0.2) is 36.4 Å². The Morgan fingerprint density at radius 2 is 1.83 bits per heavy atom. The largest absolute Gasteiger partial charge is 0.486 e. The summed E-state index contributed by atoms with van der Waals surface area (Å²) in [5.41, 5.74) is -0.0308. The Labute approximate surface area is 136 Å². The highest BCUT2D eigenvalue weighted by atomic mass is 35.5. The summed E-state index contributed by atoms with van der Waals surface area (Å²) in [4.78, 5) is 12.0. The van der Waals surface area contributed by atoms with Gasteiger partial charge in [0, 0.05) is 0 Å². The zero-order valence-corrected chi connectivity index (χ0v) is 12.6. The van der Waals surface area contributed by atoms with E-state index in [4.69, 9.17) is 21.1 Å². The minimum atomic E-state index is -0.903. The zero-order valence-electron chi connectivity index (χ0n) is 11.8. The molecule has 0 unspecified atom stereocenters. The Balaban J connectivity index is 1.88. The van der Waals surface area contributed by atoms with Gasteiger partial charge in [0.15, 0.2) is 17.3 Å². The highest BCUT2D eigenvalue weighted by Gasteiger charge is 2.17. The van der Waals surface area contributed by atoms with E-state index in [0.29, 0.717) is 35.3 Å². The minimum Gasteiger partial charge on any atom is -0.486 e. The molecule has 6 heteroatoms. The highest BCUT2D eigenvalue weighted by molar-refractivity contribution is 6.32. The number of hydrogen-bond donors (Lipinski definition) is 0. The van der Waals surface area contributed by atoms with Crippen molar-refractivity contribution >= 4 is 23.5 Å². The lowest BCUT2D eigenvalue weighted by Gasteiger charge is -2.19. The molecule has 0 aromatic heterocycles. The van der Waals surface area contributed by atoms with Gasteiger partial charge in [0.1, 0.15) is 24.8 Å². The molecule has 0 bridgehead atoms. The van der Waals surface area contributed by atoms with Gasteiger partial charge < -0.3 is 9.47 Å². The second kappa shape index (κ2) is 6.38. The summed E-state index contributed by atoms with van der Waals surface area (Å²) < 4.78 is 37.9. The Hall–Kier alpha value is -2.40. The summed E-state index contributed by atoms with van der Waals surface area (Å²) in [5, 5.41) is 0.339. The van der Waals surface area contributed by atoms with Crippen molar-refractivity contribution in [1.82, 2.24) is 0 Å². The predicted octanol–water partition coefficient (Wildman–Crippen LogP) is 4.29. The van der Waals surface area contributed by atoms with E-state index in [9.17, 15) is 13.6 Å². The van der Waals surface area contributed by atoms with Crippen molar-refractivity contribution < 1.29 is 23.0 Å². The van der Waals surface area contributed by atoms with E-state index >= 15 is 0 Å². The molecule has 0 aliphatic carbocycles. The summed E-state index contributed by atoms with van der Waals surface area (Å²) in [6.45, 7) is 0.808. The lowest BCUT2D eigenvalue weighted by Crippen LogP contribution is -2.15. The number of hydrogen-bond acceptors (Lipinski definition) is 3. The maximum absolute atomic E-state index is 13.6. The fraction of sp³-hybridized carbons (Fsp3) is 0.118. The van der Waals surface area contributed by atoms with Crippen LogP contribution in [0, 0.1) is 11.6 Å². The lowest BCUT2D eigenvalue weighted by molar-refractivity contribution is 0.104. The molecular weight excluding hydrogens is 326 g/mol. The standard InChI is InChI=1S/C17H11ClF2O3/c18-11-8-10(9-15-17(11)23-7-6-22-15)4-5-14(21)16-12(19)2-1-3-13(16)20/h1-5,8-9H,6-7H2/b5-4+. The predicted molar refractivity (Wildman–Crippen MR) is 82.2 cm³/mol. The minimum absolute atomic E-state index is 0.339. The highest BCUT2D eigenvalue weighted by Crippen LogP contribution is 2.38. The number of benzene rings is 2. The van der Waals surface area contributed by atoms with Gasteiger partial charge in [-0.2, -0.15) is 0 Å². The fourth-order valence-electron chi connectivity index (χ4n) is 2.22. The van der Waals surface area contributed by atoms with Gasteiger partial charge in [0.25, 0.3) is 0 Å². The molecule has 0 N–H and O–H groups in total. The smallest absolute Gasteiger partial charge is 0.191 e. The van der Waals surface area contributed by atoms with Gasteiger partial charge in [-0.1, -0.05) is 23.7 Å². The molecule has 0 saturated heterocycles. The van der Waals surface area contributed by atoms with E-state index in [-0.39, 0.29) is 0 Å². The number of fused-ring (bicyclic) bond motifs is 1. The number of rotatable bonds is 3. The van der Waals surface area contributed by atoms with Crippen molar-refractivity contribution in [3.8, 4) is 11.5 Å². The molecule has 23 heavy (non-hydrogen) atoms. The lowest BCUT2D eigenvalue weighted by atomic mass is 10.1. The van der Waals surface area contributed by atoms with Crippen molar-refractivity contribution in [2.45, 2.75) is 0 Å². The molecule has 118 valence electrons. The Bertz CT molecular complexity index is 782. The van der Waals surface area contributed by atoms with Crippen molar-refractivity contribution in [3.05, 3.63) is 64.2 Å². The van der Waals surface area contributed by atoms with Crippen LogP contribution in [-0.2, 0) is 0 Å². The Morgan fingerprint density at radius 3 is 2.57 bits per heavy atom. The third kappa shape index (κ3) is 3.19. The number of halogens is 3. The van der Waals surface area contributed by atoms with Gasteiger partial charge in [-0.25, -0.2) is 8.78 Å². The molecule has 3 rings (SSSR count). The molecule has 1 aliphatic heterocycles. The molecule has 3 nitrogen and oxygen atoms in total. The first-order valence-corrected chi connectivity index (χ1v) is 7.19. The van der Waals surface area contributed by atoms with Crippen LogP contribution in [0.3, 0.4) is 0 Å². The zero-order chi connectivity index (χ0) is 16.4. The van der Waals surface area contributed by atoms with Crippen LogP contribution in [0.25, 0.3) is 6.08 Å². The molecule has 1 heterocycles. The monoisotopic (exact) mass is 336 g/mol. The molecular formula is C17H11ClF2O3. The number of ketones is 1. The summed E-state index contributed by atoms with van der Waals surface area (Å²) in [6, 6.07) is 6.49. The van der Waals surface area contributed by atoms with Crippen molar-refractivity contribution in [1.29, 1.82) is 0 Å². The van der Waals surface area contributed by atoms with Crippen LogP contribution in [0.1, 0.15) is 15.9 Å². The molecule has 2 aromatic rings. The van der Waals surface area contributed by atoms with Crippen LogP contribution in [0.4, 0.5) is 8.78 Å². The van der Waals surface area contributed by atoms with Gasteiger partial charge in [0.2, 0.25) is 0 Å². The third-order valence-corrected chi connectivity index (χ3v) is 3.54. The fourth-order valence-corrected chi connectivity index (χ4v) is 2.49. The van der Waals surface area contributed by atoms with E-state index in [1.807, 2.05) is 0 Å². The van der Waals surface area contributed by atoms with Crippen LogP contribution >= 0.6 is 11.6 Å². The molecule has 0 radical (unpaired) electrons. The second-order valence-electron chi connectivity index (χ2n) is 4.82. The maximum atomic E-state index is 13.6. The van der Waals surface area contributed by atoms with E-state index in [2.05, 4.69) is 0 Å². The van der Waals surface area contributed by atoms with E-state index < -0.39 is 23.0 Å². The molecule has 2 aromatic carbocycles. The van der Waals surface area contributed by atoms with Gasteiger partial charge in [0.05, 0.1) is 10.6 Å². The molecule has 1 aliphatic rings. The van der Waals surface area contributed by atoms with Gasteiger partial charge in [-0.3, -0.25) is 4.79 Å². The van der Waals surface area contributed by atoms with Crippen molar-refractivity contribution in [2.24, 2.45) is 0 Å². The second-order valence-corrected chi connectivity index (χ2v) is 5.23. The first kappa shape index (κ1) is 15.5. The number of carbonyl (C=O) groups is 1. The normalized spacial score (nSPS) is 13.3. The van der Waals surface area contributed by atoms with Crippen LogP contribution < -0.4 is 9.47 Å². The first-order valence-electron chi connectivity index (χ1n) is 6.82. The number of ether oxygens (including phenoxy) is 2. The van der Waals surface area contributed by atoms with Crippen LogP contribution in [-0.4, -0.2) is 19.0 Å². The maximum Gasteiger partial charge on any atom is 0.191 e. The molecule has 0 amide bonds. The summed E-state index contributed by atoms with van der Waals surface area (Å²) in [7, 11) is 0. The SMILES string of the molecule is O=C(/C=C/c1cc(Cl)c2c(c1)OCCO2)c1c(F)cccc1F. The molecule has 0 saturated carbocycles. The number of carbonyl (C=O) groups excluding carboxylic acids is 1. The average molecular weight is 337 g/mol. The van der Waals surface area contributed by atoms with Gasteiger partial charge in [-0.15, -0.1) is 0 Å². The summed E-state index contributed by atoms with van der Waals surface area (Å²) in [6.07, 6.45) is 2.50. The molecule has 0 spiro atoms. The molecule has 0 fully saturated rings. The van der Waals surface area contributed by atoms with Crippen molar-refractivity contribution in [3.63, 3.8) is 0 Å². The number of allylic oxidation sites excluding steroid dienone is 1. The summed E-state index contributed by atoms with van der Waals surface area (Å²) in [5.74, 6) is -1.67. The van der Waals surface area contributed by atoms with Crippen molar-refractivity contribution in [2.75, 3.05) is 13.2 Å². The topological polar surface area (TPSA) is 35.5 Å². The van der Waals surface area contributed by atoms with Crippen LogP contribution in [0.2, 0.25) is 5.02 Å². The van der Waals surface area contributed by atoms with Crippen LogP contribution in [0.5, 0.6) is 11.5 Å². The molecule has 0 atom stereocenters. The van der Waals surface area contributed by atoms with E-state index in [0.717, 1.165) is 18.2 Å². The van der Waals surface area contributed by atoms with E-state index in [1.54, 1.807) is 12.1 Å². The van der Waals surface area contributed by atoms with Gasteiger partial charge in [-0.05, 0) is 35.9 Å². The third-order valence-electron chi connectivity index (χ3n) is 3.26. The van der Waals surface area contributed by atoms with E-state index in [1.165, 1.54) is 12.1 Å². The quantitative estimate of drug-likeness (QED) is 0.619. The Kier molecular flexibility index (Phi) is 4.30. The summed E-state index contributed by atoms with van der Waals surface area (Å²) >= 11 is 6.09. The Morgan fingerprint density at radius 1 is 1.13 bits per heavy atom. The average Bonchev–Trinajstić information content (AvgIpc) is 2.53. The van der Waals surface area contributed by atoms with Gasteiger partial charge >= 0.3 is 0 Å². The first-order chi connectivity index (χ1) is 11.1.